The predicted octanol–water partition coefficient (Wildman–Crippen LogP) is 1.63. The molecule has 0 spiro atoms. The van der Waals surface area contributed by atoms with Crippen molar-refractivity contribution in [2.75, 3.05) is 33.4 Å². The second-order valence-electron chi connectivity index (χ2n) is 4.58. The molecule has 1 aliphatic rings. The molecule has 17 heavy (non-hydrogen) atoms. The zero-order valence-corrected chi connectivity index (χ0v) is 10.6. The second kappa shape index (κ2) is 6.74. The normalized spacial score (nSPS) is 15.1. The summed E-state index contributed by atoms with van der Waals surface area (Å²) in [6.45, 7) is 6.25. The van der Waals surface area contributed by atoms with E-state index < -0.39 is 0 Å². The third kappa shape index (κ3) is 3.80. The minimum atomic E-state index is 0.801. The Morgan fingerprint density at radius 1 is 1.18 bits per heavy atom. The Balaban J connectivity index is 1.60. The van der Waals surface area contributed by atoms with Crippen molar-refractivity contribution in [3.8, 4) is 0 Å². The summed E-state index contributed by atoms with van der Waals surface area (Å²) in [4.78, 5) is 2.52. The van der Waals surface area contributed by atoms with Crippen molar-refractivity contribution in [3.63, 3.8) is 0 Å². The fraction of sp³-hybridized carbons (Fsp3) is 0.571. The highest BCUT2D eigenvalue weighted by molar-refractivity contribution is 5.30. The van der Waals surface area contributed by atoms with Gasteiger partial charge in [-0.15, -0.1) is 0 Å². The van der Waals surface area contributed by atoms with Crippen LogP contribution in [0.5, 0.6) is 0 Å². The summed E-state index contributed by atoms with van der Waals surface area (Å²) < 4.78 is 4.99. The molecule has 2 rings (SSSR count). The smallest absolute Gasteiger partial charge is 0.0587 e. The number of nitrogens with one attached hydrogen (secondary N) is 1. The molecule has 1 aromatic rings. The van der Waals surface area contributed by atoms with E-state index in [1.807, 2.05) is 0 Å². The van der Waals surface area contributed by atoms with Crippen LogP contribution in [-0.2, 0) is 17.8 Å². The van der Waals surface area contributed by atoms with Gasteiger partial charge in [0.2, 0.25) is 0 Å². The SMILES string of the molecule is COCCNCCCN1Cc2ccccc2C1. The Kier molecular flexibility index (Phi) is 4.98. The maximum atomic E-state index is 4.99. The molecule has 0 atom stereocenters. The van der Waals surface area contributed by atoms with Gasteiger partial charge in [0, 0.05) is 33.3 Å². The molecule has 0 radical (unpaired) electrons. The molecule has 1 aromatic carbocycles. The number of nitrogens with zero attached hydrogens (tertiary/aromatic N) is 1. The van der Waals surface area contributed by atoms with Crippen molar-refractivity contribution in [3.05, 3.63) is 35.4 Å². The van der Waals surface area contributed by atoms with Gasteiger partial charge in [-0.1, -0.05) is 24.3 Å². The molecule has 0 unspecified atom stereocenters. The van der Waals surface area contributed by atoms with Crippen LogP contribution < -0.4 is 5.32 Å². The highest BCUT2D eigenvalue weighted by Crippen LogP contribution is 2.21. The lowest BCUT2D eigenvalue weighted by Crippen LogP contribution is -2.25. The Hall–Kier alpha value is -0.900. The first kappa shape index (κ1) is 12.6. The van der Waals surface area contributed by atoms with Crippen LogP contribution in [0.3, 0.4) is 0 Å². The van der Waals surface area contributed by atoms with E-state index in [9.17, 15) is 0 Å². The number of benzene rings is 1. The zero-order chi connectivity index (χ0) is 11.9. The zero-order valence-electron chi connectivity index (χ0n) is 10.6. The maximum absolute atomic E-state index is 4.99. The van der Waals surface area contributed by atoms with Gasteiger partial charge in [0.1, 0.15) is 0 Å². The number of fused-ring (bicyclic) bond motifs is 1. The Morgan fingerprint density at radius 3 is 2.53 bits per heavy atom. The molecule has 0 aromatic heterocycles. The largest absolute Gasteiger partial charge is 0.383 e. The van der Waals surface area contributed by atoms with Crippen LogP contribution in [0.15, 0.2) is 24.3 Å². The van der Waals surface area contributed by atoms with E-state index in [-0.39, 0.29) is 0 Å². The highest BCUT2D eigenvalue weighted by atomic mass is 16.5. The first-order valence-electron chi connectivity index (χ1n) is 6.39. The Bertz CT molecular complexity index is 316. The summed E-state index contributed by atoms with van der Waals surface area (Å²) >= 11 is 0. The molecular formula is C14H22N2O. The lowest BCUT2D eigenvalue weighted by atomic mass is 10.1. The number of hydrogen-bond donors (Lipinski definition) is 1. The second-order valence-corrected chi connectivity index (χ2v) is 4.58. The minimum absolute atomic E-state index is 0.801. The molecule has 3 heteroatoms. The highest BCUT2D eigenvalue weighted by Gasteiger charge is 2.16. The lowest BCUT2D eigenvalue weighted by molar-refractivity contribution is 0.198. The van der Waals surface area contributed by atoms with Crippen molar-refractivity contribution in [1.29, 1.82) is 0 Å². The molecule has 1 aliphatic heterocycles. The van der Waals surface area contributed by atoms with Crippen molar-refractivity contribution in [1.82, 2.24) is 10.2 Å². The molecule has 0 bridgehead atoms. The average molecular weight is 234 g/mol. The van der Waals surface area contributed by atoms with Crippen LogP contribution in [0, 0.1) is 0 Å². The number of hydrogen-bond acceptors (Lipinski definition) is 3. The quantitative estimate of drug-likeness (QED) is 0.726. The van der Waals surface area contributed by atoms with Crippen molar-refractivity contribution >= 4 is 0 Å². The number of methoxy groups -OCH3 is 1. The van der Waals surface area contributed by atoms with Crippen LogP contribution in [0.25, 0.3) is 0 Å². The van der Waals surface area contributed by atoms with Gasteiger partial charge in [0.15, 0.2) is 0 Å². The molecule has 1 N–H and O–H groups in total. The van der Waals surface area contributed by atoms with Crippen LogP contribution in [0.1, 0.15) is 17.5 Å². The topological polar surface area (TPSA) is 24.5 Å². The van der Waals surface area contributed by atoms with E-state index >= 15 is 0 Å². The average Bonchev–Trinajstić information content (AvgIpc) is 2.76. The van der Waals surface area contributed by atoms with E-state index in [0.717, 1.165) is 32.8 Å². The van der Waals surface area contributed by atoms with E-state index in [4.69, 9.17) is 4.74 Å². The summed E-state index contributed by atoms with van der Waals surface area (Å²) in [5.74, 6) is 0. The van der Waals surface area contributed by atoms with E-state index in [0.29, 0.717) is 0 Å². The molecule has 0 amide bonds. The molecule has 0 fully saturated rings. The molecule has 0 saturated carbocycles. The Morgan fingerprint density at radius 2 is 1.88 bits per heavy atom. The van der Waals surface area contributed by atoms with Gasteiger partial charge >= 0.3 is 0 Å². The van der Waals surface area contributed by atoms with E-state index in [1.165, 1.54) is 24.1 Å². The van der Waals surface area contributed by atoms with Crippen molar-refractivity contribution in [2.45, 2.75) is 19.5 Å². The summed E-state index contributed by atoms with van der Waals surface area (Å²) in [5, 5.41) is 3.38. The van der Waals surface area contributed by atoms with Crippen LogP contribution in [-0.4, -0.2) is 38.3 Å². The van der Waals surface area contributed by atoms with Gasteiger partial charge in [0.25, 0.3) is 0 Å². The predicted molar refractivity (Wildman–Crippen MR) is 69.9 cm³/mol. The molecular weight excluding hydrogens is 212 g/mol. The first-order chi connectivity index (χ1) is 8.40. The van der Waals surface area contributed by atoms with E-state index in [2.05, 4.69) is 34.5 Å². The third-order valence-corrected chi connectivity index (χ3v) is 3.22. The standard InChI is InChI=1S/C14H22N2O/c1-17-10-8-15-7-4-9-16-11-13-5-2-3-6-14(13)12-16/h2-3,5-6,15H,4,7-12H2,1H3. The van der Waals surface area contributed by atoms with Crippen LogP contribution in [0.2, 0.25) is 0 Å². The van der Waals surface area contributed by atoms with Gasteiger partial charge in [-0.2, -0.15) is 0 Å². The molecule has 1 heterocycles. The van der Waals surface area contributed by atoms with Crippen LogP contribution >= 0.6 is 0 Å². The summed E-state index contributed by atoms with van der Waals surface area (Å²) in [6, 6.07) is 8.75. The molecule has 3 nitrogen and oxygen atoms in total. The lowest BCUT2D eigenvalue weighted by Gasteiger charge is -2.14. The third-order valence-electron chi connectivity index (χ3n) is 3.22. The van der Waals surface area contributed by atoms with Crippen LogP contribution in [0.4, 0.5) is 0 Å². The minimum Gasteiger partial charge on any atom is -0.383 e. The fourth-order valence-electron chi connectivity index (χ4n) is 2.29. The molecule has 0 saturated heterocycles. The van der Waals surface area contributed by atoms with Gasteiger partial charge < -0.3 is 10.1 Å². The molecule has 94 valence electrons. The fourth-order valence-corrected chi connectivity index (χ4v) is 2.29. The monoisotopic (exact) mass is 234 g/mol. The molecule has 0 aliphatic carbocycles. The van der Waals surface area contributed by atoms with E-state index in [1.54, 1.807) is 7.11 Å². The number of rotatable bonds is 7. The Labute approximate surface area is 104 Å². The van der Waals surface area contributed by atoms with Gasteiger partial charge in [-0.25, -0.2) is 0 Å². The summed E-state index contributed by atoms with van der Waals surface area (Å²) in [5.41, 5.74) is 3.00. The van der Waals surface area contributed by atoms with Gasteiger partial charge in [-0.05, 0) is 24.1 Å². The summed E-state index contributed by atoms with van der Waals surface area (Å²) in [7, 11) is 1.74. The van der Waals surface area contributed by atoms with Crippen molar-refractivity contribution in [2.24, 2.45) is 0 Å². The maximum Gasteiger partial charge on any atom is 0.0587 e. The number of ether oxygens (including phenoxy) is 1. The van der Waals surface area contributed by atoms with Gasteiger partial charge in [0.05, 0.1) is 6.61 Å². The summed E-state index contributed by atoms with van der Waals surface area (Å²) in [6.07, 6.45) is 1.21. The van der Waals surface area contributed by atoms with Crippen molar-refractivity contribution < 1.29 is 4.74 Å². The first-order valence-corrected chi connectivity index (χ1v) is 6.39. The van der Waals surface area contributed by atoms with Gasteiger partial charge in [-0.3, -0.25) is 4.90 Å².